The number of H-pyrrole nitrogens is 1. The van der Waals surface area contributed by atoms with E-state index in [1.807, 2.05) is 6.07 Å². The number of carbonyl (C=O) groups excluding carboxylic acids is 1. The minimum Gasteiger partial charge on any atom is -0.329 e. The van der Waals surface area contributed by atoms with Gasteiger partial charge < -0.3 is 4.98 Å². The predicted molar refractivity (Wildman–Crippen MR) is 87.0 cm³/mol. The van der Waals surface area contributed by atoms with E-state index in [2.05, 4.69) is 9.98 Å². The fraction of sp³-hybridized carbons (Fsp3) is 0.222. The molecule has 0 aliphatic carbocycles. The number of aromatic amines is 1. The summed E-state index contributed by atoms with van der Waals surface area (Å²) in [6, 6.07) is 7.56. The fourth-order valence-corrected chi connectivity index (χ4v) is 3.26. The molecule has 0 saturated carbocycles. The Morgan fingerprint density at radius 3 is 2.75 bits per heavy atom. The van der Waals surface area contributed by atoms with Gasteiger partial charge in [-0.25, -0.2) is 4.39 Å². The average Bonchev–Trinajstić information content (AvgIpc) is 2.53. The zero-order valence-electron chi connectivity index (χ0n) is 13.1. The van der Waals surface area contributed by atoms with Gasteiger partial charge in [0.1, 0.15) is 11.6 Å². The summed E-state index contributed by atoms with van der Waals surface area (Å²) < 4.78 is 14.6. The molecule has 2 aromatic rings. The zero-order valence-corrected chi connectivity index (χ0v) is 13.1. The van der Waals surface area contributed by atoms with Crippen molar-refractivity contribution in [3.63, 3.8) is 0 Å². The van der Waals surface area contributed by atoms with E-state index in [4.69, 9.17) is 5.26 Å². The van der Waals surface area contributed by atoms with Crippen LogP contribution in [0.15, 0.2) is 40.2 Å². The molecular formula is C18H14FN3O2. The number of aliphatic imine (C=N–C) groups is 1. The van der Waals surface area contributed by atoms with Crippen LogP contribution in [-0.4, -0.2) is 16.5 Å². The van der Waals surface area contributed by atoms with Crippen molar-refractivity contribution in [2.75, 3.05) is 0 Å². The minimum atomic E-state index is -0.771. The van der Waals surface area contributed by atoms with Crippen molar-refractivity contribution in [1.82, 2.24) is 4.98 Å². The summed E-state index contributed by atoms with van der Waals surface area (Å²) in [5.41, 5.74) is 1.23. The summed E-state index contributed by atoms with van der Waals surface area (Å²) >= 11 is 0. The van der Waals surface area contributed by atoms with E-state index >= 15 is 0 Å². The van der Waals surface area contributed by atoms with Gasteiger partial charge in [-0.05, 0) is 37.6 Å². The second-order valence-electron chi connectivity index (χ2n) is 5.77. The van der Waals surface area contributed by atoms with Gasteiger partial charge in [-0.1, -0.05) is 6.07 Å². The molecule has 24 heavy (non-hydrogen) atoms. The summed E-state index contributed by atoms with van der Waals surface area (Å²) in [5, 5.41) is 8.90. The summed E-state index contributed by atoms with van der Waals surface area (Å²) in [4.78, 5) is 31.4. The first-order valence-electron chi connectivity index (χ1n) is 7.40. The number of hydrogen-bond acceptors (Lipinski definition) is 4. The van der Waals surface area contributed by atoms with E-state index < -0.39 is 23.2 Å². The fourth-order valence-electron chi connectivity index (χ4n) is 3.26. The molecule has 5 nitrogen and oxygen atoms in total. The molecule has 2 atom stereocenters. The lowest BCUT2D eigenvalue weighted by Crippen LogP contribution is -2.34. The van der Waals surface area contributed by atoms with Crippen LogP contribution in [0.4, 0.5) is 10.1 Å². The standard InChI is InChI=1S/C18H14FN3O2/c1-9-15(10(2)23)16(12-4-3-11(8-20)7-13(12)19)17-14(22-9)5-6-21-18(17)24/h3-7,15-16H,1-2H3,(H,21,24). The first-order valence-corrected chi connectivity index (χ1v) is 7.40. The maximum atomic E-state index is 14.6. The highest BCUT2D eigenvalue weighted by molar-refractivity contribution is 6.06. The first kappa shape index (κ1) is 15.8. The van der Waals surface area contributed by atoms with Crippen molar-refractivity contribution < 1.29 is 9.18 Å². The van der Waals surface area contributed by atoms with Crippen LogP contribution < -0.4 is 5.56 Å². The molecule has 1 aliphatic rings. The van der Waals surface area contributed by atoms with Crippen LogP contribution in [0.3, 0.4) is 0 Å². The lowest BCUT2D eigenvalue weighted by atomic mass is 9.74. The van der Waals surface area contributed by atoms with E-state index in [0.29, 0.717) is 11.4 Å². The minimum absolute atomic E-state index is 0.180. The number of pyridine rings is 1. The van der Waals surface area contributed by atoms with Gasteiger partial charge in [0.15, 0.2) is 0 Å². The molecular weight excluding hydrogens is 309 g/mol. The molecule has 2 unspecified atom stereocenters. The number of nitriles is 1. The molecule has 2 heterocycles. The Kier molecular flexibility index (Phi) is 3.86. The number of nitrogens with one attached hydrogen (secondary N) is 1. The van der Waals surface area contributed by atoms with Crippen molar-refractivity contribution in [1.29, 1.82) is 5.26 Å². The molecule has 0 bridgehead atoms. The number of rotatable bonds is 2. The molecule has 0 radical (unpaired) electrons. The van der Waals surface area contributed by atoms with Gasteiger partial charge in [-0.2, -0.15) is 5.26 Å². The van der Waals surface area contributed by atoms with E-state index in [1.165, 1.54) is 25.3 Å². The Bertz CT molecular complexity index is 969. The largest absolute Gasteiger partial charge is 0.329 e. The second-order valence-corrected chi connectivity index (χ2v) is 5.77. The van der Waals surface area contributed by atoms with Crippen molar-refractivity contribution in [3.05, 3.63) is 63.3 Å². The van der Waals surface area contributed by atoms with Crippen LogP contribution >= 0.6 is 0 Å². The van der Waals surface area contributed by atoms with Crippen LogP contribution in [0.5, 0.6) is 0 Å². The van der Waals surface area contributed by atoms with Crippen LogP contribution in [0.1, 0.15) is 36.5 Å². The molecule has 0 saturated heterocycles. The van der Waals surface area contributed by atoms with E-state index in [9.17, 15) is 14.0 Å². The smallest absolute Gasteiger partial charge is 0.253 e. The molecule has 0 amide bonds. The number of hydrogen-bond donors (Lipinski definition) is 1. The first-order chi connectivity index (χ1) is 11.4. The number of Topliss-reactive ketones (excluding diaryl/α,β-unsaturated/α-hetero) is 1. The topological polar surface area (TPSA) is 86.1 Å². The van der Waals surface area contributed by atoms with Crippen molar-refractivity contribution >= 4 is 17.2 Å². The van der Waals surface area contributed by atoms with Gasteiger partial charge in [0.25, 0.3) is 5.56 Å². The van der Waals surface area contributed by atoms with Crippen molar-refractivity contribution in [2.24, 2.45) is 10.9 Å². The maximum Gasteiger partial charge on any atom is 0.253 e. The third kappa shape index (κ3) is 2.44. The van der Waals surface area contributed by atoms with Crippen molar-refractivity contribution in [2.45, 2.75) is 19.8 Å². The molecule has 1 aromatic heterocycles. The summed E-state index contributed by atoms with van der Waals surface area (Å²) in [5.74, 6) is -2.30. The summed E-state index contributed by atoms with van der Waals surface area (Å²) in [6.45, 7) is 3.10. The molecule has 0 spiro atoms. The van der Waals surface area contributed by atoms with Crippen molar-refractivity contribution in [3.8, 4) is 6.07 Å². The van der Waals surface area contributed by atoms with Crippen LogP contribution in [0.25, 0.3) is 0 Å². The molecule has 6 heteroatoms. The number of nitrogens with zero attached hydrogens (tertiary/aromatic N) is 2. The van der Waals surface area contributed by atoms with Crippen LogP contribution in [0.2, 0.25) is 0 Å². The van der Waals surface area contributed by atoms with Gasteiger partial charge in [0, 0.05) is 17.8 Å². The molecule has 1 aliphatic heterocycles. The van der Waals surface area contributed by atoms with E-state index in [-0.39, 0.29) is 22.5 Å². The molecule has 0 fully saturated rings. The molecule has 3 rings (SSSR count). The van der Waals surface area contributed by atoms with Gasteiger partial charge in [0.2, 0.25) is 0 Å². The number of halogens is 1. The lowest BCUT2D eigenvalue weighted by molar-refractivity contribution is -0.119. The molecule has 120 valence electrons. The quantitative estimate of drug-likeness (QED) is 0.922. The Labute approximate surface area is 137 Å². The second kappa shape index (κ2) is 5.85. The molecule has 1 aromatic carbocycles. The van der Waals surface area contributed by atoms with E-state index in [1.54, 1.807) is 13.0 Å². The summed E-state index contributed by atoms with van der Waals surface area (Å²) in [7, 11) is 0. The van der Waals surface area contributed by atoms with Crippen LogP contribution in [0, 0.1) is 23.1 Å². The Morgan fingerprint density at radius 2 is 2.12 bits per heavy atom. The van der Waals surface area contributed by atoms with Gasteiger partial charge >= 0.3 is 0 Å². The number of aromatic nitrogens is 1. The Morgan fingerprint density at radius 1 is 1.38 bits per heavy atom. The predicted octanol–water partition coefficient (Wildman–Crippen LogP) is 2.83. The summed E-state index contributed by atoms with van der Waals surface area (Å²) in [6.07, 6.45) is 1.47. The Hall–Kier alpha value is -3.07. The van der Waals surface area contributed by atoms with Crippen LogP contribution in [-0.2, 0) is 4.79 Å². The number of benzene rings is 1. The Balaban J connectivity index is 2.31. The lowest BCUT2D eigenvalue weighted by Gasteiger charge is -2.30. The third-order valence-corrected chi connectivity index (χ3v) is 4.27. The normalized spacial score (nSPS) is 19.2. The van der Waals surface area contributed by atoms with Gasteiger partial charge in [-0.15, -0.1) is 0 Å². The van der Waals surface area contributed by atoms with Gasteiger partial charge in [0.05, 0.1) is 28.8 Å². The third-order valence-electron chi connectivity index (χ3n) is 4.27. The SMILES string of the molecule is CC(=O)C1C(C)=Nc2cc[nH]c(=O)c2C1c1ccc(C#N)cc1F. The highest BCUT2D eigenvalue weighted by Gasteiger charge is 2.38. The van der Waals surface area contributed by atoms with E-state index in [0.717, 1.165) is 6.07 Å². The number of fused-ring (bicyclic) bond motifs is 1. The highest BCUT2D eigenvalue weighted by Crippen LogP contribution is 2.41. The highest BCUT2D eigenvalue weighted by atomic mass is 19.1. The zero-order chi connectivity index (χ0) is 17.4. The number of carbonyl (C=O) groups is 1. The average molecular weight is 323 g/mol. The number of ketones is 1. The molecule has 1 N–H and O–H groups in total. The van der Waals surface area contributed by atoms with Gasteiger partial charge in [-0.3, -0.25) is 14.6 Å². The maximum absolute atomic E-state index is 14.6. The monoisotopic (exact) mass is 323 g/mol.